The summed E-state index contributed by atoms with van der Waals surface area (Å²) in [6.07, 6.45) is 0. The van der Waals surface area contributed by atoms with Gasteiger partial charge in [0, 0.05) is 6.54 Å². The average molecular weight is 474 g/mol. The number of thioether (sulfide) groups is 1. The molecule has 1 aromatic heterocycles. The first-order valence-corrected chi connectivity index (χ1v) is 11.9. The maximum Gasteiger partial charge on any atom is 0.262 e. The highest BCUT2D eigenvalue weighted by molar-refractivity contribution is 8.00. The Bertz CT molecular complexity index is 1350. The van der Waals surface area contributed by atoms with E-state index in [4.69, 9.17) is 9.72 Å². The summed E-state index contributed by atoms with van der Waals surface area (Å²) in [5.74, 6) is 0.651. The number of nitrogens with one attached hydrogen (secondary N) is 1. The molecule has 34 heavy (non-hydrogen) atoms. The summed E-state index contributed by atoms with van der Waals surface area (Å²) >= 11 is 1.29. The second-order valence-electron chi connectivity index (χ2n) is 8.11. The maximum atomic E-state index is 13.3. The second-order valence-corrected chi connectivity index (χ2v) is 9.42. The van der Waals surface area contributed by atoms with Gasteiger partial charge in [-0.15, -0.1) is 0 Å². The molecule has 174 valence electrons. The number of aryl methyl sites for hydroxylation is 1. The number of para-hydroxylation sites is 1. The van der Waals surface area contributed by atoms with E-state index in [1.165, 1.54) is 11.8 Å². The lowest BCUT2D eigenvalue weighted by molar-refractivity contribution is -0.120. The van der Waals surface area contributed by atoms with Gasteiger partial charge < -0.3 is 10.1 Å². The fourth-order valence-corrected chi connectivity index (χ4v) is 4.47. The third kappa shape index (κ3) is 5.48. The summed E-state index contributed by atoms with van der Waals surface area (Å²) in [6.45, 7) is 4.65. The van der Waals surface area contributed by atoms with E-state index >= 15 is 0 Å². The molecule has 0 fully saturated rings. The molecule has 1 amide bonds. The minimum absolute atomic E-state index is 0.112. The summed E-state index contributed by atoms with van der Waals surface area (Å²) in [5, 5.41) is 3.62. The zero-order chi connectivity index (χ0) is 24.1. The lowest BCUT2D eigenvalue weighted by Gasteiger charge is -2.17. The fourth-order valence-electron chi connectivity index (χ4n) is 3.54. The van der Waals surface area contributed by atoms with E-state index < -0.39 is 5.25 Å². The van der Waals surface area contributed by atoms with Crippen LogP contribution in [-0.2, 0) is 17.9 Å². The topological polar surface area (TPSA) is 73.2 Å². The number of ether oxygens (including phenoxy) is 1. The maximum absolute atomic E-state index is 13.3. The number of hydrogen-bond donors (Lipinski definition) is 1. The number of nitrogens with zero attached hydrogens (tertiary/aromatic N) is 2. The standard InChI is InChI=1S/C27H27N3O3S/c1-18-8-10-21(11-9-18)17-30-26(32)23-6-4-5-7-24(23)29-27(30)34-19(2)25(31)28-16-20-12-14-22(33-3)15-13-20/h4-15,19H,16-17H2,1-3H3,(H,28,31). The minimum Gasteiger partial charge on any atom is -0.497 e. The van der Waals surface area contributed by atoms with Crippen molar-refractivity contribution in [1.82, 2.24) is 14.9 Å². The van der Waals surface area contributed by atoms with Crippen molar-refractivity contribution < 1.29 is 9.53 Å². The van der Waals surface area contributed by atoms with Crippen LogP contribution in [0.3, 0.4) is 0 Å². The van der Waals surface area contributed by atoms with E-state index in [2.05, 4.69) is 5.32 Å². The molecule has 3 aromatic carbocycles. The Kier molecular flexibility index (Phi) is 7.33. The minimum atomic E-state index is -0.435. The number of methoxy groups -OCH3 is 1. The number of hydrogen-bond acceptors (Lipinski definition) is 5. The van der Waals surface area contributed by atoms with Gasteiger partial charge in [0.25, 0.3) is 5.56 Å². The summed E-state index contributed by atoms with van der Waals surface area (Å²) in [5.41, 5.74) is 3.65. The van der Waals surface area contributed by atoms with Gasteiger partial charge in [-0.25, -0.2) is 4.98 Å². The molecule has 0 aliphatic rings. The quantitative estimate of drug-likeness (QED) is 0.300. The van der Waals surface area contributed by atoms with Gasteiger partial charge in [0.15, 0.2) is 5.16 Å². The van der Waals surface area contributed by atoms with Crippen molar-refractivity contribution in [3.05, 3.63) is 99.8 Å². The van der Waals surface area contributed by atoms with Crippen LogP contribution in [0.15, 0.2) is 82.7 Å². The molecular formula is C27H27N3O3S. The molecule has 1 unspecified atom stereocenters. The van der Waals surface area contributed by atoms with Crippen LogP contribution in [0.4, 0.5) is 0 Å². The smallest absolute Gasteiger partial charge is 0.262 e. The number of rotatable bonds is 8. The third-order valence-corrected chi connectivity index (χ3v) is 6.66. The number of amides is 1. The van der Waals surface area contributed by atoms with Crippen LogP contribution < -0.4 is 15.6 Å². The molecule has 4 rings (SSSR count). The lowest BCUT2D eigenvalue weighted by Crippen LogP contribution is -2.31. The number of fused-ring (bicyclic) bond motifs is 1. The molecule has 0 saturated heterocycles. The fraction of sp³-hybridized carbons (Fsp3) is 0.222. The van der Waals surface area contributed by atoms with Crippen LogP contribution in [0.5, 0.6) is 5.75 Å². The van der Waals surface area contributed by atoms with Crippen LogP contribution in [0.25, 0.3) is 10.9 Å². The molecule has 0 spiro atoms. The third-order valence-electron chi connectivity index (χ3n) is 5.57. The van der Waals surface area contributed by atoms with Crippen LogP contribution in [0.2, 0.25) is 0 Å². The predicted molar refractivity (Wildman–Crippen MR) is 136 cm³/mol. The highest BCUT2D eigenvalue weighted by Gasteiger charge is 2.19. The van der Waals surface area contributed by atoms with Crippen LogP contribution in [-0.4, -0.2) is 27.8 Å². The number of carbonyl (C=O) groups excluding carboxylic acids is 1. The van der Waals surface area contributed by atoms with Gasteiger partial charge in [-0.05, 0) is 49.2 Å². The first-order valence-electron chi connectivity index (χ1n) is 11.1. The van der Waals surface area contributed by atoms with Crippen molar-refractivity contribution in [1.29, 1.82) is 0 Å². The van der Waals surface area contributed by atoms with Gasteiger partial charge in [-0.2, -0.15) is 0 Å². The van der Waals surface area contributed by atoms with E-state index in [1.807, 2.05) is 80.6 Å². The van der Waals surface area contributed by atoms with Crippen molar-refractivity contribution in [3.8, 4) is 5.75 Å². The average Bonchev–Trinajstić information content (AvgIpc) is 2.86. The van der Waals surface area contributed by atoms with Crippen molar-refractivity contribution in [2.45, 2.75) is 37.3 Å². The van der Waals surface area contributed by atoms with Gasteiger partial charge in [-0.1, -0.05) is 65.9 Å². The number of aromatic nitrogens is 2. The zero-order valence-corrected chi connectivity index (χ0v) is 20.3. The molecule has 0 radical (unpaired) electrons. The van der Waals surface area contributed by atoms with Gasteiger partial charge in [0.2, 0.25) is 5.91 Å². The molecule has 1 heterocycles. The van der Waals surface area contributed by atoms with E-state index in [9.17, 15) is 9.59 Å². The zero-order valence-electron chi connectivity index (χ0n) is 19.4. The summed E-state index contributed by atoms with van der Waals surface area (Å²) in [7, 11) is 1.62. The van der Waals surface area contributed by atoms with Crippen LogP contribution >= 0.6 is 11.8 Å². The molecule has 0 saturated carbocycles. The van der Waals surface area contributed by atoms with Crippen LogP contribution in [0, 0.1) is 6.92 Å². The molecular weight excluding hydrogens is 446 g/mol. The Morgan fingerprint density at radius 3 is 2.41 bits per heavy atom. The number of carbonyl (C=O) groups is 1. The monoisotopic (exact) mass is 473 g/mol. The van der Waals surface area contributed by atoms with Crippen molar-refractivity contribution >= 4 is 28.6 Å². The van der Waals surface area contributed by atoms with E-state index in [1.54, 1.807) is 17.7 Å². The summed E-state index contributed by atoms with van der Waals surface area (Å²) < 4.78 is 6.83. The first-order chi connectivity index (χ1) is 16.4. The van der Waals surface area contributed by atoms with Gasteiger partial charge in [0.05, 0.1) is 29.8 Å². The largest absolute Gasteiger partial charge is 0.497 e. The Labute approximate surface area is 203 Å². The highest BCUT2D eigenvalue weighted by Crippen LogP contribution is 2.24. The molecule has 6 nitrogen and oxygen atoms in total. The van der Waals surface area contributed by atoms with Gasteiger partial charge in [-0.3, -0.25) is 14.2 Å². The van der Waals surface area contributed by atoms with E-state index in [0.717, 1.165) is 22.4 Å². The van der Waals surface area contributed by atoms with Gasteiger partial charge >= 0.3 is 0 Å². The molecule has 4 aromatic rings. The van der Waals surface area contributed by atoms with E-state index in [0.29, 0.717) is 29.1 Å². The van der Waals surface area contributed by atoms with Crippen molar-refractivity contribution in [2.75, 3.05) is 7.11 Å². The first kappa shape index (κ1) is 23.6. The summed E-state index contributed by atoms with van der Waals surface area (Å²) in [4.78, 5) is 30.9. The van der Waals surface area contributed by atoms with Crippen molar-refractivity contribution in [3.63, 3.8) is 0 Å². The SMILES string of the molecule is COc1ccc(CNC(=O)C(C)Sc2nc3ccccc3c(=O)n2Cc2ccc(C)cc2)cc1. The molecule has 1 N–H and O–H groups in total. The lowest BCUT2D eigenvalue weighted by atomic mass is 10.1. The molecule has 0 bridgehead atoms. The normalized spacial score (nSPS) is 11.9. The number of benzene rings is 3. The Balaban J connectivity index is 1.55. The van der Waals surface area contributed by atoms with Crippen molar-refractivity contribution in [2.24, 2.45) is 0 Å². The molecule has 7 heteroatoms. The van der Waals surface area contributed by atoms with Gasteiger partial charge in [0.1, 0.15) is 5.75 Å². The molecule has 1 atom stereocenters. The van der Waals surface area contributed by atoms with Crippen LogP contribution in [0.1, 0.15) is 23.6 Å². The molecule has 0 aliphatic heterocycles. The molecule has 0 aliphatic carbocycles. The van der Waals surface area contributed by atoms with E-state index in [-0.39, 0.29) is 11.5 Å². The Hall–Kier alpha value is -3.58. The predicted octanol–water partition coefficient (Wildman–Crippen LogP) is 4.56. The Morgan fingerprint density at radius 1 is 1.03 bits per heavy atom. The highest BCUT2D eigenvalue weighted by atomic mass is 32.2. The Morgan fingerprint density at radius 2 is 1.71 bits per heavy atom. The summed E-state index contributed by atoms with van der Waals surface area (Å²) in [6, 6.07) is 22.9. The second kappa shape index (κ2) is 10.6.